The Bertz CT molecular complexity index is 1040. The van der Waals surface area contributed by atoms with Gasteiger partial charge in [-0.2, -0.15) is 0 Å². The molecule has 1 saturated carbocycles. The minimum absolute atomic E-state index is 0.0147. The molecule has 0 aromatic heterocycles. The first kappa shape index (κ1) is 22.9. The van der Waals surface area contributed by atoms with E-state index >= 15 is 0 Å². The van der Waals surface area contributed by atoms with Gasteiger partial charge >= 0.3 is 0 Å². The summed E-state index contributed by atoms with van der Waals surface area (Å²) in [4.78, 5) is 32.8. The van der Waals surface area contributed by atoms with Crippen molar-refractivity contribution in [2.75, 3.05) is 39.8 Å². The van der Waals surface area contributed by atoms with Crippen LogP contribution in [0.4, 0.5) is 0 Å². The molecule has 1 aliphatic carbocycles. The van der Waals surface area contributed by atoms with E-state index in [1.165, 1.54) is 37.7 Å². The number of amides is 2. The van der Waals surface area contributed by atoms with Gasteiger partial charge in [-0.15, -0.1) is 0 Å². The van der Waals surface area contributed by atoms with Crippen LogP contribution in [0.25, 0.3) is 0 Å². The first-order valence-electron chi connectivity index (χ1n) is 12.7. The number of benzene rings is 2. The summed E-state index contributed by atoms with van der Waals surface area (Å²) in [5, 5.41) is 0. The first-order valence-corrected chi connectivity index (χ1v) is 12.7. The quantitative estimate of drug-likeness (QED) is 0.691. The van der Waals surface area contributed by atoms with Gasteiger partial charge in [-0.3, -0.25) is 14.5 Å². The summed E-state index contributed by atoms with van der Waals surface area (Å²) in [5.41, 5.74) is 3.66. The van der Waals surface area contributed by atoms with Crippen LogP contribution in [0.1, 0.15) is 63.9 Å². The van der Waals surface area contributed by atoms with Gasteiger partial charge in [0.25, 0.3) is 11.8 Å². The third-order valence-corrected chi connectivity index (χ3v) is 7.78. The number of carbonyl (C=O) groups is 2. The second-order valence-corrected chi connectivity index (χ2v) is 9.78. The van der Waals surface area contributed by atoms with E-state index in [0.717, 1.165) is 49.8 Å². The van der Waals surface area contributed by atoms with E-state index in [9.17, 15) is 9.59 Å². The molecule has 0 radical (unpaired) electrons. The highest BCUT2D eigenvalue weighted by atomic mass is 16.5. The molecule has 2 fully saturated rings. The van der Waals surface area contributed by atoms with Gasteiger partial charge in [0.15, 0.2) is 0 Å². The van der Waals surface area contributed by atoms with Crippen molar-refractivity contribution in [1.82, 2.24) is 14.7 Å². The molecule has 2 aromatic rings. The van der Waals surface area contributed by atoms with Gasteiger partial charge < -0.3 is 14.5 Å². The van der Waals surface area contributed by atoms with Crippen LogP contribution in [0.2, 0.25) is 0 Å². The number of carbonyl (C=O) groups excluding carboxylic acids is 2. The maximum Gasteiger partial charge on any atom is 0.257 e. The SMILES string of the molecule is COc1ccccc1C(=O)N1CCc2cc(C(=O)N3CCN(C4CCCCC4)CC3)ccc2C1. The maximum atomic E-state index is 13.2. The highest BCUT2D eigenvalue weighted by Crippen LogP contribution is 2.27. The highest BCUT2D eigenvalue weighted by molar-refractivity contribution is 5.97. The zero-order valence-corrected chi connectivity index (χ0v) is 20.2. The Morgan fingerprint density at radius 2 is 1.59 bits per heavy atom. The lowest BCUT2D eigenvalue weighted by Crippen LogP contribution is -2.52. The van der Waals surface area contributed by atoms with Crippen LogP contribution < -0.4 is 4.74 Å². The lowest BCUT2D eigenvalue weighted by atomic mass is 9.93. The molecule has 2 amide bonds. The minimum Gasteiger partial charge on any atom is -0.496 e. The average molecular weight is 462 g/mol. The number of rotatable bonds is 4. The Kier molecular flexibility index (Phi) is 6.86. The summed E-state index contributed by atoms with van der Waals surface area (Å²) in [6, 6.07) is 14.1. The van der Waals surface area contributed by atoms with Crippen LogP contribution in [0.15, 0.2) is 42.5 Å². The summed E-state index contributed by atoms with van der Waals surface area (Å²) in [5.74, 6) is 0.723. The highest BCUT2D eigenvalue weighted by Gasteiger charge is 2.29. The Morgan fingerprint density at radius 1 is 0.824 bits per heavy atom. The molecule has 1 saturated heterocycles. The Morgan fingerprint density at radius 3 is 2.35 bits per heavy atom. The Balaban J connectivity index is 1.21. The zero-order valence-electron chi connectivity index (χ0n) is 20.2. The summed E-state index contributed by atoms with van der Waals surface area (Å²) in [6.07, 6.45) is 7.46. The fourth-order valence-electron chi connectivity index (χ4n) is 5.77. The molecular weight excluding hydrogens is 426 g/mol. The van der Waals surface area contributed by atoms with E-state index in [-0.39, 0.29) is 11.8 Å². The molecule has 0 atom stereocenters. The molecule has 0 N–H and O–H groups in total. The van der Waals surface area contributed by atoms with Crippen LogP contribution in [-0.4, -0.2) is 72.4 Å². The van der Waals surface area contributed by atoms with Crippen molar-refractivity contribution in [2.24, 2.45) is 0 Å². The lowest BCUT2D eigenvalue weighted by molar-refractivity contribution is 0.0522. The van der Waals surface area contributed by atoms with Crippen molar-refractivity contribution >= 4 is 11.8 Å². The normalized spacial score (nSPS) is 19.6. The van der Waals surface area contributed by atoms with E-state index < -0.39 is 0 Å². The topological polar surface area (TPSA) is 53.1 Å². The number of methoxy groups -OCH3 is 1. The van der Waals surface area contributed by atoms with E-state index in [2.05, 4.69) is 11.0 Å². The molecule has 5 rings (SSSR count). The largest absolute Gasteiger partial charge is 0.496 e. The molecule has 34 heavy (non-hydrogen) atoms. The van der Waals surface area contributed by atoms with Crippen molar-refractivity contribution in [3.8, 4) is 5.75 Å². The number of piperazine rings is 1. The standard InChI is InChI=1S/C28H35N3O3/c1-34-26-10-6-5-9-25(26)28(33)31-14-13-21-19-22(11-12-23(21)20-31)27(32)30-17-15-29(16-18-30)24-7-3-2-4-8-24/h5-6,9-12,19,24H,2-4,7-8,13-18,20H2,1H3. The molecule has 3 aliphatic rings. The molecule has 6 nitrogen and oxygen atoms in total. The monoisotopic (exact) mass is 461 g/mol. The predicted molar refractivity (Wildman–Crippen MR) is 132 cm³/mol. The average Bonchev–Trinajstić information content (AvgIpc) is 2.92. The van der Waals surface area contributed by atoms with Crippen molar-refractivity contribution in [3.05, 3.63) is 64.7 Å². The summed E-state index contributed by atoms with van der Waals surface area (Å²) < 4.78 is 5.37. The number of ether oxygens (including phenoxy) is 1. The van der Waals surface area contributed by atoms with Crippen LogP contribution in [-0.2, 0) is 13.0 Å². The Labute approximate surface area is 202 Å². The minimum atomic E-state index is -0.0147. The van der Waals surface area contributed by atoms with Crippen LogP contribution >= 0.6 is 0 Å². The Hall–Kier alpha value is -2.86. The van der Waals surface area contributed by atoms with Crippen LogP contribution in [0.3, 0.4) is 0 Å². The zero-order chi connectivity index (χ0) is 23.5. The molecule has 2 aliphatic heterocycles. The van der Waals surface area contributed by atoms with Crippen LogP contribution in [0, 0.1) is 0 Å². The van der Waals surface area contributed by atoms with Gasteiger partial charge in [-0.05, 0) is 54.7 Å². The number of fused-ring (bicyclic) bond motifs is 1. The van der Waals surface area contributed by atoms with Gasteiger partial charge in [0.2, 0.25) is 0 Å². The van der Waals surface area contributed by atoms with Gasteiger partial charge in [0, 0.05) is 50.9 Å². The number of hydrogen-bond acceptors (Lipinski definition) is 4. The molecule has 2 aromatic carbocycles. The van der Waals surface area contributed by atoms with E-state index in [4.69, 9.17) is 4.74 Å². The maximum absolute atomic E-state index is 13.2. The molecule has 2 heterocycles. The summed E-state index contributed by atoms with van der Waals surface area (Å²) >= 11 is 0. The van der Waals surface area contributed by atoms with Gasteiger partial charge in [0.05, 0.1) is 12.7 Å². The lowest BCUT2D eigenvalue weighted by Gasteiger charge is -2.40. The summed E-state index contributed by atoms with van der Waals surface area (Å²) in [7, 11) is 1.59. The number of para-hydroxylation sites is 1. The van der Waals surface area contributed by atoms with Crippen molar-refractivity contribution in [3.63, 3.8) is 0 Å². The van der Waals surface area contributed by atoms with E-state index in [1.807, 2.05) is 46.2 Å². The molecular formula is C28H35N3O3. The van der Waals surface area contributed by atoms with E-state index in [1.54, 1.807) is 7.11 Å². The number of nitrogens with zero attached hydrogens (tertiary/aromatic N) is 3. The van der Waals surface area contributed by atoms with E-state index in [0.29, 0.717) is 24.4 Å². The molecule has 0 unspecified atom stereocenters. The van der Waals surface area contributed by atoms with Crippen LogP contribution in [0.5, 0.6) is 5.75 Å². The molecule has 0 bridgehead atoms. The third kappa shape index (κ3) is 4.69. The molecule has 6 heteroatoms. The molecule has 0 spiro atoms. The second kappa shape index (κ2) is 10.2. The van der Waals surface area contributed by atoms with Gasteiger partial charge in [-0.1, -0.05) is 37.5 Å². The van der Waals surface area contributed by atoms with Crippen molar-refractivity contribution in [2.45, 2.75) is 51.1 Å². The third-order valence-electron chi connectivity index (χ3n) is 7.78. The van der Waals surface area contributed by atoms with Gasteiger partial charge in [-0.25, -0.2) is 0 Å². The number of hydrogen-bond donors (Lipinski definition) is 0. The fraction of sp³-hybridized carbons (Fsp3) is 0.500. The summed E-state index contributed by atoms with van der Waals surface area (Å²) in [6.45, 7) is 4.80. The van der Waals surface area contributed by atoms with Crippen molar-refractivity contribution in [1.29, 1.82) is 0 Å². The second-order valence-electron chi connectivity index (χ2n) is 9.78. The first-order chi connectivity index (χ1) is 16.6. The van der Waals surface area contributed by atoms with Crippen molar-refractivity contribution < 1.29 is 14.3 Å². The predicted octanol–water partition coefficient (Wildman–Crippen LogP) is 3.98. The smallest absolute Gasteiger partial charge is 0.257 e. The molecule has 180 valence electrons. The van der Waals surface area contributed by atoms with Gasteiger partial charge in [0.1, 0.15) is 5.75 Å². The fourth-order valence-corrected chi connectivity index (χ4v) is 5.77.